The minimum absolute atomic E-state index is 0.200. The Kier molecular flexibility index (Phi) is 5.16. The van der Waals surface area contributed by atoms with E-state index in [-0.39, 0.29) is 12.4 Å². The maximum Gasteiger partial charge on any atom is 0.302 e. The van der Waals surface area contributed by atoms with Crippen molar-refractivity contribution in [2.24, 2.45) is 0 Å². The van der Waals surface area contributed by atoms with E-state index < -0.39 is 16.8 Å². The molecule has 0 amide bonds. The molecule has 0 unspecified atom stereocenters. The summed E-state index contributed by atoms with van der Waals surface area (Å²) in [6.45, 7) is 2.84. The fourth-order valence-electron chi connectivity index (χ4n) is 1.88. The average Bonchev–Trinajstić information content (AvgIpc) is 2.32. The lowest BCUT2D eigenvalue weighted by atomic mass is 9.93. The van der Waals surface area contributed by atoms with Crippen LogP contribution < -0.4 is 0 Å². The van der Waals surface area contributed by atoms with Crippen LogP contribution in [0.3, 0.4) is 0 Å². The maximum absolute atomic E-state index is 12.9. The molecule has 1 rings (SSSR count). The standard InChI is InChI=1S/C13H17FO3S/c1-9(17-10(2)16)13(8-15,18-3)11-4-6-12(14)7-5-11/h4-7,9,15H,8H2,1-3H3/t9-,13+/m0/s1. The molecule has 100 valence electrons. The van der Waals surface area contributed by atoms with E-state index in [2.05, 4.69) is 0 Å². The largest absolute Gasteiger partial charge is 0.461 e. The van der Waals surface area contributed by atoms with Gasteiger partial charge in [0.15, 0.2) is 0 Å². The molecule has 0 radical (unpaired) electrons. The molecule has 3 nitrogen and oxygen atoms in total. The van der Waals surface area contributed by atoms with Crippen molar-refractivity contribution < 1.29 is 19.0 Å². The van der Waals surface area contributed by atoms with Gasteiger partial charge in [-0.05, 0) is 30.9 Å². The van der Waals surface area contributed by atoms with Crippen LogP contribution in [-0.2, 0) is 14.3 Å². The van der Waals surface area contributed by atoms with Crippen molar-refractivity contribution >= 4 is 17.7 Å². The van der Waals surface area contributed by atoms with Gasteiger partial charge < -0.3 is 9.84 Å². The third-order valence-electron chi connectivity index (χ3n) is 2.93. The fourth-order valence-corrected chi connectivity index (χ4v) is 2.76. The molecule has 0 heterocycles. The van der Waals surface area contributed by atoms with Gasteiger partial charge in [-0.25, -0.2) is 4.39 Å². The Morgan fingerprint density at radius 2 is 2.06 bits per heavy atom. The first-order valence-corrected chi connectivity index (χ1v) is 6.78. The zero-order chi connectivity index (χ0) is 13.8. The lowest BCUT2D eigenvalue weighted by Crippen LogP contribution is -2.40. The second-order valence-electron chi connectivity index (χ2n) is 4.01. The first-order valence-electron chi connectivity index (χ1n) is 5.55. The van der Waals surface area contributed by atoms with Crippen LogP contribution in [0.1, 0.15) is 19.4 Å². The van der Waals surface area contributed by atoms with Crippen LogP contribution in [0.4, 0.5) is 4.39 Å². The van der Waals surface area contributed by atoms with Crippen molar-refractivity contribution in [3.63, 3.8) is 0 Å². The topological polar surface area (TPSA) is 46.5 Å². The predicted molar refractivity (Wildman–Crippen MR) is 69.9 cm³/mol. The molecule has 2 atom stereocenters. The molecule has 0 saturated heterocycles. The molecular formula is C13H17FO3S. The molecule has 0 aliphatic rings. The summed E-state index contributed by atoms with van der Waals surface area (Å²) in [6, 6.07) is 5.86. The third-order valence-corrected chi connectivity index (χ3v) is 4.36. The molecule has 0 fully saturated rings. The molecule has 1 aromatic rings. The van der Waals surface area contributed by atoms with E-state index in [0.29, 0.717) is 0 Å². The molecule has 5 heteroatoms. The quantitative estimate of drug-likeness (QED) is 0.836. The monoisotopic (exact) mass is 272 g/mol. The molecule has 0 spiro atoms. The van der Waals surface area contributed by atoms with Gasteiger partial charge in [0.05, 0.1) is 6.61 Å². The van der Waals surface area contributed by atoms with E-state index in [1.165, 1.54) is 30.8 Å². The predicted octanol–water partition coefficient (Wildman–Crippen LogP) is 2.33. The molecule has 0 aliphatic heterocycles. The normalized spacial score (nSPS) is 15.8. The highest BCUT2D eigenvalue weighted by atomic mass is 32.2. The number of hydrogen-bond donors (Lipinski definition) is 1. The van der Waals surface area contributed by atoms with Gasteiger partial charge in [-0.3, -0.25) is 4.79 Å². The van der Waals surface area contributed by atoms with Crippen molar-refractivity contribution in [1.29, 1.82) is 0 Å². The summed E-state index contributed by atoms with van der Waals surface area (Å²) < 4.78 is 17.3. The second kappa shape index (κ2) is 6.20. The first-order chi connectivity index (χ1) is 8.46. The number of carbonyl (C=O) groups excluding carboxylic acids is 1. The highest BCUT2D eigenvalue weighted by Crippen LogP contribution is 2.39. The van der Waals surface area contributed by atoms with Gasteiger partial charge in [-0.1, -0.05) is 12.1 Å². The number of rotatable bonds is 5. The second-order valence-corrected chi connectivity index (χ2v) is 5.15. The van der Waals surface area contributed by atoms with Gasteiger partial charge in [-0.15, -0.1) is 11.8 Å². The summed E-state index contributed by atoms with van der Waals surface area (Å²) in [6.07, 6.45) is 1.31. The van der Waals surface area contributed by atoms with E-state index in [1.54, 1.807) is 19.1 Å². The number of aliphatic hydroxyl groups excluding tert-OH is 1. The van der Waals surface area contributed by atoms with Crippen LogP contribution in [0, 0.1) is 5.82 Å². The van der Waals surface area contributed by atoms with E-state index in [9.17, 15) is 14.3 Å². The summed E-state index contributed by atoms with van der Waals surface area (Å²) in [4.78, 5) is 11.0. The molecular weight excluding hydrogens is 255 g/mol. The minimum Gasteiger partial charge on any atom is -0.461 e. The maximum atomic E-state index is 12.9. The Bertz CT molecular complexity index is 401. The summed E-state index contributed by atoms with van der Waals surface area (Å²) >= 11 is 1.38. The molecule has 0 saturated carbocycles. The zero-order valence-electron chi connectivity index (χ0n) is 10.6. The van der Waals surface area contributed by atoms with Gasteiger partial charge in [0, 0.05) is 6.92 Å². The van der Waals surface area contributed by atoms with E-state index >= 15 is 0 Å². The van der Waals surface area contributed by atoms with Gasteiger partial charge in [-0.2, -0.15) is 0 Å². The van der Waals surface area contributed by atoms with Crippen molar-refractivity contribution in [3.05, 3.63) is 35.6 Å². The molecule has 1 aromatic carbocycles. The molecule has 0 bridgehead atoms. The van der Waals surface area contributed by atoms with Crippen molar-refractivity contribution in [2.45, 2.75) is 24.7 Å². The zero-order valence-corrected chi connectivity index (χ0v) is 11.5. The fraction of sp³-hybridized carbons (Fsp3) is 0.462. The highest BCUT2D eigenvalue weighted by molar-refractivity contribution is 7.99. The van der Waals surface area contributed by atoms with Crippen molar-refractivity contribution in [2.75, 3.05) is 12.9 Å². The number of hydrogen-bond acceptors (Lipinski definition) is 4. The smallest absolute Gasteiger partial charge is 0.302 e. The van der Waals surface area contributed by atoms with E-state index in [0.717, 1.165) is 5.56 Å². The third kappa shape index (κ3) is 3.03. The van der Waals surface area contributed by atoms with Gasteiger partial charge in [0.2, 0.25) is 0 Å². The molecule has 0 aliphatic carbocycles. The van der Waals surface area contributed by atoms with Crippen molar-refractivity contribution in [3.8, 4) is 0 Å². The number of thioether (sulfide) groups is 1. The van der Waals surface area contributed by atoms with Crippen LogP contribution in [0.25, 0.3) is 0 Å². The van der Waals surface area contributed by atoms with Crippen molar-refractivity contribution in [1.82, 2.24) is 0 Å². The number of halogens is 1. The van der Waals surface area contributed by atoms with Crippen LogP contribution in [0.2, 0.25) is 0 Å². The SMILES string of the molecule is CS[C@@](CO)(c1ccc(F)cc1)[C@H](C)OC(C)=O. The number of esters is 1. The highest BCUT2D eigenvalue weighted by Gasteiger charge is 2.39. The Balaban J connectivity index is 3.13. The minimum atomic E-state index is -0.778. The average molecular weight is 272 g/mol. The summed E-state index contributed by atoms with van der Waals surface area (Å²) in [5.74, 6) is -0.747. The molecule has 0 aromatic heterocycles. The Hall–Kier alpha value is -1.07. The Morgan fingerprint density at radius 1 is 1.50 bits per heavy atom. The van der Waals surface area contributed by atoms with Crippen LogP contribution >= 0.6 is 11.8 Å². The van der Waals surface area contributed by atoms with E-state index in [4.69, 9.17) is 4.74 Å². The van der Waals surface area contributed by atoms with E-state index in [1.807, 2.05) is 6.26 Å². The number of carbonyl (C=O) groups is 1. The summed E-state index contributed by atoms with van der Waals surface area (Å²) in [7, 11) is 0. The van der Waals surface area contributed by atoms with Gasteiger partial charge in [0.1, 0.15) is 16.7 Å². The lowest BCUT2D eigenvalue weighted by Gasteiger charge is -2.35. The summed E-state index contributed by atoms with van der Waals surface area (Å²) in [5.41, 5.74) is 0.729. The number of ether oxygens (including phenoxy) is 1. The molecule has 18 heavy (non-hydrogen) atoms. The van der Waals surface area contributed by atoms with Crippen LogP contribution in [-0.4, -0.2) is 30.0 Å². The number of benzene rings is 1. The molecule has 1 N–H and O–H groups in total. The Morgan fingerprint density at radius 3 is 2.44 bits per heavy atom. The first kappa shape index (κ1) is 15.0. The van der Waals surface area contributed by atoms with Crippen LogP contribution in [0.15, 0.2) is 24.3 Å². The Labute approximate surface area is 110 Å². The van der Waals surface area contributed by atoms with Gasteiger partial charge in [0.25, 0.3) is 0 Å². The lowest BCUT2D eigenvalue weighted by molar-refractivity contribution is -0.147. The summed E-state index contributed by atoms with van der Waals surface area (Å²) in [5, 5.41) is 9.68. The van der Waals surface area contributed by atoms with Gasteiger partial charge >= 0.3 is 5.97 Å². The number of aliphatic hydroxyl groups is 1. The van der Waals surface area contributed by atoms with Crippen LogP contribution in [0.5, 0.6) is 0 Å².